The van der Waals surface area contributed by atoms with Crippen LogP contribution in [0.1, 0.15) is 40.0 Å². The molecule has 0 aromatic carbocycles. The van der Waals surface area contributed by atoms with E-state index in [1.165, 1.54) is 19.3 Å². The Morgan fingerprint density at radius 3 is 2.00 bits per heavy atom. The van der Waals surface area contributed by atoms with Gasteiger partial charge in [0.15, 0.2) is 0 Å². The molecule has 0 amide bonds. The summed E-state index contributed by atoms with van der Waals surface area (Å²) in [6, 6.07) is 0. The first-order valence-electron chi connectivity index (χ1n) is 5.91. The molecule has 1 heterocycles. The molecule has 1 saturated carbocycles. The first kappa shape index (κ1) is 10.4. The molecule has 1 aliphatic carbocycles. The third-order valence-electron chi connectivity index (χ3n) is 3.97. The molecule has 0 spiro atoms. The molecule has 82 valence electrons. The standard InChI is InChI=1S/C12H23NO/c1-12(2,3)13-7-9-5-4-6-10(8-13)11(9)14/h9-11,14H,4-8H2,1-3H3/t9-,10+,11?. The summed E-state index contributed by atoms with van der Waals surface area (Å²) in [5.41, 5.74) is 0.272. The Labute approximate surface area is 87.3 Å². The fourth-order valence-electron chi connectivity index (χ4n) is 2.96. The van der Waals surface area contributed by atoms with Crippen LogP contribution in [0.5, 0.6) is 0 Å². The highest BCUT2D eigenvalue weighted by Crippen LogP contribution is 2.37. The minimum atomic E-state index is -0.0117. The van der Waals surface area contributed by atoms with Crippen LogP contribution >= 0.6 is 0 Å². The fourth-order valence-corrected chi connectivity index (χ4v) is 2.96. The van der Waals surface area contributed by atoms with Crippen molar-refractivity contribution in [2.45, 2.75) is 51.7 Å². The number of aliphatic hydroxyl groups is 1. The molecule has 2 bridgehead atoms. The van der Waals surface area contributed by atoms with Crippen LogP contribution in [0.4, 0.5) is 0 Å². The number of nitrogens with zero attached hydrogens (tertiary/aromatic N) is 1. The summed E-state index contributed by atoms with van der Waals surface area (Å²) in [6.07, 6.45) is 3.76. The van der Waals surface area contributed by atoms with Crippen LogP contribution in [0.2, 0.25) is 0 Å². The Balaban J connectivity index is 2.08. The highest BCUT2D eigenvalue weighted by molar-refractivity contribution is 4.93. The minimum absolute atomic E-state index is 0.0117. The number of piperidine rings is 1. The molecular weight excluding hydrogens is 174 g/mol. The van der Waals surface area contributed by atoms with Crippen molar-refractivity contribution >= 4 is 0 Å². The molecule has 2 aliphatic rings. The van der Waals surface area contributed by atoms with Gasteiger partial charge in [-0.3, -0.25) is 4.90 Å². The summed E-state index contributed by atoms with van der Waals surface area (Å²) < 4.78 is 0. The van der Waals surface area contributed by atoms with E-state index in [4.69, 9.17) is 0 Å². The molecule has 2 nitrogen and oxygen atoms in total. The maximum Gasteiger partial charge on any atom is 0.0620 e. The zero-order valence-corrected chi connectivity index (χ0v) is 9.66. The second kappa shape index (κ2) is 3.49. The lowest BCUT2D eigenvalue weighted by Gasteiger charge is -2.49. The third-order valence-corrected chi connectivity index (χ3v) is 3.97. The van der Waals surface area contributed by atoms with E-state index in [0.29, 0.717) is 11.8 Å². The molecule has 1 aliphatic heterocycles. The average Bonchev–Trinajstić information content (AvgIpc) is 2.00. The minimum Gasteiger partial charge on any atom is -0.392 e. The SMILES string of the molecule is CC(C)(C)N1C[C@H]2CCC[C@@H](C1)C2O. The normalized spacial score (nSPS) is 39.9. The van der Waals surface area contributed by atoms with Crippen LogP contribution in [0.25, 0.3) is 0 Å². The zero-order chi connectivity index (χ0) is 10.3. The third kappa shape index (κ3) is 1.82. The van der Waals surface area contributed by atoms with Crippen molar-refractivity contribution in [3.05, 3.63) is 0 Å². The number of rotatable bonds is 0. The van der Waals surface area contributed by atoms with Crippen molar-refractivity contribution in [1.29, 1.82) is 0 Å². The summed E-state index contributed by atoms with van der Waals surface area (Å²) in [4.78, 5) is 2.55. The maximum absolute atomic E-state index is 10.0. The van der Waals surface area contributed by atoms with Gasteiger partial charge in [-0.25, -0.2) is 0 Å². The molecule has 1 unspecified atom stereocenters. The fraction of sp³-hybridized carbons (Fsp3) is 1.00. The molecule has 2 heteroatoms. The second-order valence-electron chi connectivity index (χ2n) is 6.02. The highest BCUT2D eigenvalue weighted by Gasteiger charge is 2.40. The van der Waals surface area contributed by atoms with Gasteiger partial charge in [0.05, 0.1) is 6.10 Å². The van der Waals surface area contributed by atoms with Gasteiger partial charge in [0.25, 0.3) is 0 Å². The average molecular weight is 197 g/mol. The van der Waals surface area contributed by atoms with Crippen LogP contribution in [0.15, 0.2) is 0 Å². The first-order valence-corrected chi connectivity index (χ1v) is 5.91. The number of aliphatic hydroxyl groups excluding tert-OH is 1. The molecule has 14 heavy (non-hydrogen) atoms. The van der Waals surface area contributed by atoms with E-state index in [-0.39, 0.29) is 11.6 Å². The van der Waals surface area contributed by atoms with Gasteiger partial charge in [-0.05, 0) is 45.4 Å². The maximum atomic E-state index is 10.0. The zero-order valence-electron chi connectivity index (χ0n) is 9.66. The van der Waals surface area contributed by atoms with Gasteiger partial charge in [-0.2, -0.15) is 0 Å². The van der Waals surface area contributed by atoms with Crippen molar-refractivity contribution in [3.8, 4) is 0 Å². The lowest BCUT2D eigenvalue weighted by Crippen LogP contribution is -2.56. The molecule has 1 saturated heterocycles. The summed E-state index contributed by atoms with van der Waals surface area (Å²) in [6.45, 7) is 9.03. The van der Waals surface area contributed by atoms with Crippen molar-refractivity contribution in [2.75, 3.05) is 13.1 Å². The Hall–Kier alpha value is -0.0800. The monoisotopic (exact) mass is 197 g/mol. The van der Waals surface area contributed by atoms with E-state index in [1.54, 1.807) is 0 Å². The van der Waals surface area contributed by atoms with Crippen LogP contribution in [-0.4, -0.2) is 34.7 Å². The summed E-state index contributed by atoms with van der Waals surface area (Å²) >= 11 is 0. The van der Waals surface area contributed by atoms with Crippen molar-refractivity contribution in [3.63, 3.8) is 0 Å². The van der Waals surface area contributed by atoms with Gasteiger partial charge in [0.2, 0.25) is 0 Å². The Kier molecular flexibility index (Phi) is 2.61. The molecule has 2 rings (SSSR count). The molecular formula is C12H23NO. The van der Waals surface area contributed by atoms with Crippen LogP contribution < -0.4 is 0 Å². The number of hydrogen-bond acceptors (Lipinski definition) is 2. The van der Waals surface area contributed by atoms with Gasteiger partial charge >= 0.3 is 0 Å². The Morgan fingerprint density at radius 1 is 1.07 bits per heavy atom. The van der Waals surface area contributed by atoms with Gasteiger partial charge in [0.1, 0.15) is 0 Å². The van der Waals surface area contributed by atoms with E-state index in [0.717, 1.165) is 13.1 Å². The van der Waals surface area contributed by atoms with Crippen molar-refractivity contribution < 1.29 is 5.11 Å². The van der Waals surface area contributed by atoms with Gasteiger partial charge in [-0.1, -0.05) is 6.42 Å². The van der Waals surface area contributed by atoms with E-state index in [1.807, 2.05) is 0 Å². The summed E-state index contributed by atoms with van der Waals surface area (Å²) in [5.74, 6) is 1.09. The molecule has 3 atom stereocenters. The predicted molar refractivity (Wildman–Crippen MR) is 58.2 cm³/mol. The summed E-state index contributed by atoms with van der Waals surface area (Å²) in [7, 11) is 0. The Bertz CT molecular complexity index is 195. The number of hydrogen-bond donors (Lipinski definition) is 1. The van der Waals surface area contributed by atoms with Crippen LogP contribution in [-0.2, 0) is 0 Å². The molecule has 0 aromatic heterocycles. The quantitative estimate of drug-likeness (QED) is 0.641. The van der Waals surface area contributed by atoms with Crippen LogP contribution in [0, 0.1) is 11.8 Å². The van der Waals surface area contributed by atoms with E-state index in [2.05, 4.69) is 25.7 Å². The highest BCUT2D eigenvalue weighted by atomic mass is 16.3. The molecule has 0 aromatic rings. The Morgan fingerprint density at radius 2 is 1.57 bits per heavy atom. The molecule has 0 radical (unpaired) electrons. The van der Waals surface area contributed by atoms with Gasteiger partial charge in [-0.15, -0.1) is 0 Å². The van der Waals surface area contributed by atoms with E-state index < -0.39 is 0 Å². The van der Waals surface area contributed by atoms with Crippen LogP contribution in [0.3, 0.4) is 0 Å². The van der Waals surface area contributed by atoms with E-state index in [9.17, 15) is 5.11 Å². The lowest BCUT2D eigenvalue weighted by atomic mass is 9.74. The predicted octanol–water partition coefficient (Wildman–Crippen LogP) is 1.88. The van der Waals surface area contributed by atoms with Gasteiger partial charge < -0.3 is 5.11 Å². The largest absolute Gasteiger partial charge is 0.392 e. The van der Waals surface area contributed by atoms with Crippen molar-refractivity contribution in [1.82, 2.24) is 4.90 Å². The van der Waals surface area contributed by atoms with Gasteiger partial charge in [0, 0.05) is 18.6 Å². The second-order valence-corrected chi connectivity index (χ2v) is 6.02. The number of fused-ring (bicyclic) bond motifs is 2. The van der Waals surface area contributed by atoms with E-state index >= 15 is 0 Å². The van der Waals surface area contributed by atoms with Crippen molar-refractivity contribution in [2.24, 2.45) is 11.8 Å². The lowest BCUT2D eigenvalue weighted by molar-refractivity contribution is -0.0736. The number of likely N-dealkylation sites (tertiary alicyclic amines) is 1. The molecule has 1 N–H and O–H groups in total. The topological polar surface area (TPSA) is 23.5 Å². The summed E-state index contributed by atoms with van der Waals surface area (Å²) in [5, 5.41) is 10.0. The smallest absolute Gasteiger partial charge is 0.0620 e. The first-order chi connectivity index (χ1) is 6.48. The molecule has 2 fully saturated rings.